The zero-order valence-electron chi connectivity index (χ0n) is 15.4. The van der Waals surface area contributed by atoms with Crippen LogP contribution in [0.5, 0.6) is 0 Å². The lowest BCUT2D eigenvalue weighted by molar-refractivity contribution is 0.387. The van der Waals surface area contributed by atoms with E-state index < -0.39 is 43.3 Å². The summed E-state index contributed by atoms with van der Waals surface area (Å²) in [5.74, 6) is -3.28. The standard InChI is InChI=1S/C18H18ClF3N4O2S/c1-25-6-10-8-26(9-11(10)7-25)13-5-12(20)18(17(22)16(13)19)29(27,28)24-15-4-2-3-14(21)23-15/h2-5,10-11H,6-9H2,1H3,(H,23,24)/t10-,11-/m1/s1. The van der Waals surface area contributed by atoms with E-state index >= 15 is 0 Å². The second-order valence-electron chi connectivity index (χ2n) is 7.43. The molecule has 1 aromatic carbocycles. The van der Waals surface area contributed by atoms with Gasteiger partial charge in [-0.2, -0.15) is 4.39 Å². The van der Waals surface area contributed by atoms with Crippen LogP contribution >= 0.6 is 11.6 Å². The molecule has 0 saturated carbocycles. The Bertz CT molecular complexity index is 1060. The van der Waals surface area contributed by atoms with Gasteiger partial charge in [0.1, 0.15) is 16.7 Å². The summed E-state index contributed by atoms with van der Waals surface area (Å²) in [6, 6.07) is 4.31. The van der Waals surface area contributed by atoms with Crippen molar-refractivity contribution in [2.45, 2.75) is 4.90 Å². The van der Waals surface area contributed by atoms with Gasteiger partial charge in [-0.05, 0) is 31.0 Å². The summed E-state index contributed by atoms with van der Waals surface area (Å²) in [5.41, 5.74) is 0.126. The molecule has 11 heteroatoms. The number of fused-ring (bicyclic) bond motifs is 1. The number of hydrogen-bond acceptors (Lipinski definition) is 5. The van der Waals surface area contributed by atoms with Crippen LogP contribution in [-0.4, -0.2) is 51.5 Å². The van der Waals surface area contributed by atoms with Crippen molar-refractivity contribution in [3.63, 3.8) is 0 Å². The van der Waals surface area contributed by atoms with Crippen molar-refractivity contribution in [1.29, 1.82) is 0 Å². The summed E-state index contributed by atoms with van der Waals surface area (Å²) in [7, 11) is -2.69. The first-order valence-corrected chi connectivity index (χ1v) is 10.8. The number of nitrogens with zero attached hydrogens (tertiary/aromatic N) is 3. The number of hydrogen-bond donors (Lipinski definition) is 1. The highest BCUT2D eigenvalue weighted by Crippen LogP contribution is 2.40. The van der Waals surface area contributed by atoms with Gasteiger partial charge in [-0.15, -0.1) is 0 Å². The Morgan fingerprint density at radius 1 is 1.14 bits per heavy atom. The van der Waals surface area contributed by atoms with Gasteiger partial charge in [-0.25, -0.2) is 22.2 Å². The highest BCUT2D eigenvalue weighted by molar-refractivity contribution is 7.92. The van der Waals surface area contributed by atoms with Gasteiger partial charge in [0.25, 0.3) is 10.0 Å². The number of sulfonamides is 1. The van der Waals surface area contributed by atoms with Gasteiger partial charge >= 0.3 is 0 Å². The highest BCUT2D eigenvalue weighted by Gasteiger charge is 2.40. The van der Waals surface area contributed by atoms with Crippen LogP contribution in [-0.2, 0) is 10.0 Å². The lowest BCUT2D eigenvalue weighted by atomic mass is 10.0. The van der Waals surface area contributed by atoms with E-state index in [2.05, 4.69) is 9.88 Å². The smallest absolute Gasteiger partial charge is 0.268 e. The largest absolute Gasteiger partial charge is 0.369 e. The number of aromatic nitrogens is 1. The van der Waals surface area contributed by atoms with Crippen molar-refractivity contribution in [3.8, 4) is 0 Å². The molecule has 0 bridgehead atoms. The number of rotatable bonds is 4. The Morgan fingerprint density at radius 3 is 2.41 bits per heavy atom. The molecule has 2 fully saturated rings. The Morgan fingerprint density at radius 2 is 1.79 bits per heavy atom. The molecule has 1 aromatic heterocycles. The fourth-order valence-electron chi connectivity index (χ4n) is 4.12. The summed E-state index contributed by atoms with van der Waals surface area (Å²) in [6.07, 6.45) is 0. The fourth-order valence-corrected chi connectivity index (χ4v) is 5.59. The summed E-state index contributed by atoms with van der Waals surface area (Å²) in [4.78, 5) is 6.10. The summed E-state index contributed by atoms with van der Waals surface area (Å²) >= 11 is 6.11. The molecule has 4 rings (SSSR count). The maximum absolute atomic E-state index is 14.9. The summed E-state index contributed by atoms with van der Waals surface area (Å²) < 4.78 is 69.7. The van der Waals surface area contributed by atoms with E-state index in [1.807, 2.05) is 11.8 Å². The maximum atomic E-state index is 14.9. The summed E-state index contributed by atoms with van der Waals surface area (Å²) in [6.45, 7) is 2.96. The molecule has 0 spiro atoms. The van der Waals surface area contributed by atoms with Gasteiger partial charge in [-0.3, -0.25) is 4.72 Å². The van der Waals surface area contributed by atoms with Gasteiger partial charge in [0.05, 0.1) is 5.69 Å². The number of halogens is 4. The molecule has 156 valence electrons. The first-order valence-electron chi connectivity index (χ1n) is 8.92. The molecule has 0 radical (unpaired) electrons. The number of benzene rings is 1. The Kier molecular flexibility index (Phi) is 5.12. The molecular weight excluding hydrogens is 429 g/mol. The van der Waals surface area contributed by atoms with Crippen LogP contribution < -0.4 is 9.62 Å². The van der Waals surface area contributed by atoms with Crippen molar-refractivity contribution in [2.75, 3.05) is 42.8 Å². The van der Waals surface area contributed by atoms with Gasteiger partial charge in [0.15, 0.2) is 10.7 Å². The number of anilines is 2. The maximum Gasteiger partial charge on any atom is 0.268 e. The Hall–Kier alpha value is -2.04. The van der Waals surface area contributed by atoms with Gasteiger partial charge in [0, 0.05) is 32.2 Å². The highest BCUT2D eigenvalue weighted by atomic mass is 35.5. The topological polar surface area (TPSA) is 65.5 Å². The Balaban J connectivity index is 1.65. The van der Waals surface area contributed by atoms with E-state index in [1.165, 1.54) is 6.07 Å². The molecule has 0 unspecified atom stereocenters. The van der Waals surface area contributed by atoms with Crippen molar-refractivity contribution in [2.24, 2.45) is 11.8 Å². The van der Waals surface area contributed by atoms with Crippen LogP contribution in [0.1, 0.15) is 0 Å². The lowest BCUT2D eigenvalue weighted by Gasteiger charge is -2.23. The molecule has 0 amide bonds. The zero-order chi connectivity index (χ0) is 20.9. The van der Waals surface area contributed by atoms with E-state index in [0.717, 1.165) is 31.3 Å². The molecule has 3 heterocycles. The third-order valence-electron chi connectivity index (χ3n) is 5.33. The van der Waals surface area contributed by atoms with Crippen molar-refractivity contribution in [1.82, 2.24) is 9.88 Å². The summed E-state index contributed by atoms with van der Waals surface area (Å²) in [5, 5.41) is -0.465. The Labute approximate surface area is 171 Å². The quantitative estimate of drug-likeness (QED) is 0.578. The van der Waals surface area contributed by atoms with E-state index in [4.69, 9.17) is 11.6 Å². The number of nitrogens with one attached hydrogen (secondary N) is 1. The van der Waals surface area contributed by atoms with Crippen molar-refractivity contribution >= 4 is 33.1 Å². The van der Waals surface area contributed by atoms with E-state index in [9.17, 15) is 21.6 Å². The molecule has 2 aliphatic heterocycles. The van der Waals surface area contributed by atoms with Gasteiger partial charge in [-0.1, -0.05) is 17.7 Å². The van der Waals surface area contributed by atoms with Gasteiger partial charge in [0.2, 0.25) is 5.95 Å². The van der Waals surface area contributed by atoms with Crippen LogP contribution in [0.3, 0.4) is 0 Å². The minimum atomic E-state index is -4.72. The minimum Gasteiger partial charge on any atom is -0.369 e. The SMILES string of the molecule is CN1C[C@@H]2CN(c3cc(F)c(S(=O)(=O)Nc4cccc(F)n4)c(F)c3Cl)C[C@H]2C1. The third kappa shape index (κ3) is 3.76. The average Bonchev–Trinajstić information content (AvgIpc) is 3.14. The van der Waals surface area contributed by atoms with Crippen molar-refractivity contribution in [3.05, 3.63) is 46.9 Å². The van der Waals surface area contributed by atoms with E-state index in [1.54, 1.807) is 4.90 Å². The third-order valence-corrected chi connectivity index (χ3v) is 7.08. The predicted octanol–water partition coefficient (Wildman–Crippen LogP) is 2.95. The van der Waals surface area contributed by atoms with Crippen LogP contribution in [0.2, 0.25) is 5.02 Å². The number of pyridine rings is 1. The zero-order valence-corrected chi connectivity index (χ0v) is 16.9. The fraction of sp³-hybridized carbons (Fsp3) is 0.389. The molecule has 2 saturated heterocycles. The number of likely N-dealkylation sites (tertiary alicyclic amines) is 1. The lowest BCUT2D eigenvalue weighted by Crippen LogP contribution is -2.27. The molecule has 29 heavy (non-hydrogen) atoms. The molecule has 2 atom stereocenters. The van der Waals surface area contributed by atoms with Crippen LogP contribution in [0.25, 0.3) is 0 Å². The predicted molar refractivity (Wildman–Crippen MR) is 103 cm³/mol. The first-order chi connectivity index (χ1) is 13.7. The van der Waals surface area contributed by atoms with E-state index in [0.29, 0.717) is 24.9 Å². The molecule has 2 aromatic rings. The van der Waals surface area contributed by atoms with Crippen molar-refractivity contribution < 1.29 is 21.6 Å². The molecule has 2 aliphatic rings. The molecular formula is C18H18ClF3N4O2S. The average molecular weight is 447 g/mol. The van der Waals surface area contributed by atoms with Crippen LogP contribution in [0, 0.1) is 29.4 Å². The van der Waals surface area contributed by atoms with Gasteiger partial charge < -0.3 is 9.80 Å². The molecule has 6 nitrogen and oxygen atoms in total. The first kappa shape index (κ1) is 20.2. The molecule has 0 aliphatic carbocycles. The van der Waals surface area contributed by atoms with E-state index in [-0.39, 0.29) is 5.69 Å². The minimum absolute atomic E-state index is 0.126. The molecule has 1 N–H and O–H groups in total. The van der Waals surface area contributed by atoms with Crippen LogP contribution in [0.15, 0.2) is 29.2 Å². The second kappa shape index (κ2) is 7.33. The normalized spacial score (nSPS) is 22.2. The second-order valence-corrected chi connectivity index (χ2v) is 9.43. The van der Waals surface area contributed by atoms with Crippen LogP contribution in [0.4, 0.5) is 24.7 Å². The monoisotopic (exact) mass is 446 g/mol.